The van der Waals surface area contributed by atoms with E-state index in [-0.39, 0.29) is 11.4 Å². The quantitative estimate of drug-likeness (QED) is 0.631. The van der Waals surface area contributed by atoms with Gasteiger partial charge in [-0.15, -0.1) is 0 Å². The van der Waals surface area contributed by atoms with Crippen LogP contribution in [0.25, 0.3) is 0 Å². The zero-order chi connectivity index (χ0) is 17.5. The number of esters is 1. The zero-order valence-electron chi connectivity index (χ0n) is 15.6. The Labute approximate surface area is 141 Å². The van der Waals surface area contributed by atoms with Gasteiger partial charge in [0.2, 0.25) is 0 Å². The molecule has 0 spiro atoms. The molecule has 0 aliphatic heterocycles. The van der Waals surface area contributed by atoms with Gasteiger partial charge in [-0.25, -0.2) is 0 Å². The molecule has 3 nitrogen and oxygen atoms in total. The first-order valence-corrected chi connectivity index (χ1v) is 8.61. The van der Waals surface area contributed by atoms with Crippen LogP contribution in [0, 0.1) is 10.8 Å². The molecule has 0 heterocycles. The lowest BCUT2D eigenvalue weighted by molar-refractivity contribution is -0.164. The molecule has 23 heavy (non-hydrogen) atoms. The van der Waals surface area contributed by atoms with E-state index in [1.807, 2.05) is 31.2 Å². The number of unbranched alkanes of at least 4 members (excludes halogenated alkanes) is 1. The maximum atomic E-state index is 13.0. The normalized spacial score (nSPS) is 14.2. The minimum absolute atomic E-state index is 0.0909. The first-order valence-electron chi connectivity index (χ1n) is 8.61. The third-order valence-electron chi connectivity index (χ3n) is 4.74. The van der Waals surface area contributed by atoms with Gasteiger partial charge in [-0.3, -0.25) is 4.79 Å². The molecule has 0 saturated heterocycles. The molecule has 0 aliphatic rings. The van der Waals surface area contributed by atoms with Crippen molar-refractivity contribution in [2.45, 2.75) is 60.3 Å². The maximum absolute atomic E-state index is 13.0. The molecule has 1 aromatic carbocycles. The molecule has 1 atom stereocenters. The van der Waals surface area contributed by atoms with Crippen molar-refractivity contribution in [3.8, 4) is 5.75 Å². The number of ether oxygens (including phenoxy) is 2. The van der Waals surface area contributed by atoms with E-state index in [9.17, 15) is 4.79 Å². The second kappa shape index (κ2) is 8.37. The fraction of sp³-hybridized carbons (Fsp3) is 0.650. The van der Waals surface area contributed by atoms with Gasteiger partial charge in [0.1, 0.15) is 5.75 Å². The van der Waals surface area contributed by atoms with Gasteiger partial charge in [-0.2, -0.15) is 0 Å². The van der Waals surface area contributed by atoms with Crippen LogP contribution >= 0.6 is 0 Å². The third-order valence-corrected chi connectivity index (χ3v) is 4.74. The predicted molar refractivity (Wildman–Crippen MR) is 94.7 cm³/mol. The molecular formula is C20H32O3. The minimum atomic E-state index is -0.548. The SMILES string of the molecule is CCCCC(Cc1ccccc1OC)(C(=O)OCC)C(C)(C)C. The molecule has 0 N–H and O–H groups in total. The highest BCUT2D eigenvalue weighted by molar-refractivity contribution is 5.78. The first-order chi connectivity index (χ1) is 10.8. The summed E-state index contributed by atoms with van der Waals surface area (Å²) in [5.41, 5.74) is 0.317. The molecule has 3 heteroatoms. The number of carbonyl (C=O) groups excluding carboxylic acids is 1. The molecule has 0 aliphatic carbocycles. The minimum Gasteiger partial charge on any atom is -0.496 e. The largest absolute Gasteiger partial charge is 0.496 e. The van der Waals surface area contributed by atoms with Gasteiger partial charge in [0, 0.05) is 0 Å². The van der Waals surface area contributed by atoms with Gasteiger partial charge < -0.3 is 9.47 Å². The lowest BCUT2D eigenvalue weighted by atomic mass is 9.61. The van der Waals surface area contributed by atoms with Crippen LogP contribution in [0.15, 0.2) is 24.3 Å². The fourth-order valence-electron chi connectivity index (χ4n) is 3.13. The molecular weight excluding hydrogens is 288 g/mol. The van der Waals surface area contributed by atoms with Crippen molar-refractivity contribution in [1.82, 2.24) is 0 Å². The predicted octanol–water partition coefficient (Wildman–Crippen LogP) is 5.02. The Kier molecular flexibility index (Phi) is 7.11. The zero-order valence-corrected chi connectivity index (χ0v) is 15.6. The van der Waals surface area contributed by atoms with Crippen LogP contribution in [0.3, 0.4) is 0 Å². The molecule has 0 bridgehead atoms. The lowest BCUT2D eigenvalue weighted by Gasteiger charge is -2.43. The highest BCUT2D eigenvalue weighted by atomic mass is 16.5. The topological polar surface area (TPSA) is 35.5 Å². The Morgan fingerprint density at radius 3 is 2.30 bits per heavy atom. The summed E-state index contributed by atoms with van der Waals surface area (Å²) in [7, 11) is 1.67. The second-order valence-corrected chi connectivity index (χ2v) is 7.14. The van der Waals surface area contributed by atoms with E-state index < -0.39 is 5.41 Å². The van der Waals surface area contributed by atoms with Crippen molar-refractivity contribution < 1.29 is 14.3 Å². The van der Waals surface area contributed by atoms with Gasteiger partial charge in [-0.1, -0.05) is 58.7 Å². The van der Waals surface area contributed by atoms with E-state index in [1.165, 1.54) is 0 Å². The van der Waals surface area contributed by atoms with E-state index in [0.717, 1.165) is 30.6 Å². The summed E-state index contributed by atoms with van der Waals surface area (Å²) in [6.45, 7) is 10.8. The van der Waals surface area contributed by atoms with Crippen LogP contribution in [0.2, 0.25) is 0 Å². The van der Waals surface area contributed by atoms with Crippen LogP contribution in [0.1, 0.15) is 59.4 Å². The molecule has 1 unspecified atom stereocenters. The van der Waals surface area contributed by atoms with Crippen molar-refractivity contribution in [3.05, 3.63) is 29.8 Å². The van der Waals surface area contributed by atoms with Crippen molar-refractivity contribution in [1.29, 1.82) is 0 Å². The monoisotopic (exact) mass is 320 g/mol. The molecule has 1 aromatic rings. The Morgan fingerprint density at radius 2 is 1.78 bits per heavy atom. The summed E-state index contributed by atoms with van der Waals surface area (Å²) in [6, 6.07) is 7.95. The van der Waals surface area contributed by atoms with E-state index in [2.05, 4.69) is 27.7 Å². The number of hydrogen-bond acceptors (Lipinski definition) is 3. The molecule has 0 saturated carbocycles. The van der Waals surface area contributed by atoms with Crippen molar-refractivity contribution in [2.24, 2.45) is 10.8 Å². The van der Waals surface area contributed by atoms with E-state index in [1.54, 1.807) is 7.11 Å². The average molecular weight is 320 g/mol. The summed E-state index contributed by atoms with van der Waals surface area (Å²) < 4.78 is 11.0. The number of para-hydroxylation sites is 1. The van der Waals surface area contributed by atoms with Crippen molar-refractivity contribution in [3.63, 3.8) is 0 Å². The van der Waals surface area contributed by atoms with Crippen LogP contribution in [-0.4, -0.2) is 19.7 Å². The van der Waals surface area contributed by atoms with Crippen LogP contribution < -0.4 is 4.74 Å². The summed E-state index contributed by atoms with van der Waals surface area (Å²) in [4.78, 5) is 13.0. The maximum Gasteiger partial charge on any atom is 0.312 e. The number of rotatable bonds is 8. The van der Waals surface area contributed by atoms with Crippen molar-refractivity contribution >= 4 is 5.97 Å². The number of hydrogen-bond donors (Lipinski definition) is 0. The van der Waals surface area contributed by atoms with E-state index in [4.69, 9.17) is 9.47 Å². The Balaban J connectivity index is 3.33. The van der Waals surface area contributed by atoms with Gasteiger partial charge >= 0.3 is 5.97 Å². The highest BCUT2D eigenvalue weighted by Gasteiger charge is 2.49. The van der Waals surface area contributed by atoms with Gasteiger partial charge in [0.05, 0.1) is 19.1 Å². The molecule has 1 rings (SSSR count). The van der Waals surface area contributed by atoms with Crippen LogP contribution in [0.4, 0.5) is 0 Å². The Morgan fingerprint density at radius 1 is 1.13 bits per heavy atom. The van der Waals surface area contributed by atoms with Crippen LogP contribution in [-0.2, 0) is 16.0 Å². The third kappa shape index (κ3) is 4.49. The number of benzene rings is 1. The average Bonchev–Trinajstić information content (AvgIpc) is 2.50. The number of methoxy groups -OCH3 is 1. The summed E-state index contributed by atoms with van der Waals surface area (Å²) in [6.07, 6.45) is 3.53. The van der Waals surface area contributed by atoms with E-state index >= 15 is 0 Å². The molecule has 0 aromatic heterocycles. The highest BCUT2D eigenvalue weighted by Crippen LogP contribution is 2.47. The van der Waals surface area contributed by atoms with Gasteiger partial charge in [0.15, 0.2) is 0 Å². The summed E-state index contributed by atoms with van der Waals surface area (Å²) >= 11 is 0. The first kappa shape index (κ1) is 19.5. The number of carbonyl (C=O) groups is 1. The van der Waals surface area contributed by atoms with Crippen molar-refractivity contribution in [2.75, 3.05) is 13.7 Å². The molecule has 0 amide bonds. The fourth-order valence-corrected chi connectivity index (χ4v) is 3.13. The van der Waals surface area contributed by atoms with Gasteiger partial charge in [-0.05, 0) is 36.8 Å². The molecule has 0 radical (unpaired) electrons. The van der Waals surface area contributed by atoms with E-state index in [0.29, 0.717) is 13.0 Å². The summed E-state index contributed by atoms with van der Waals surface area (Å²) in [5, 5.41) is 0. The second-order valence-electron chi connectivity index (χ2n) is 7.14. The Hall–Kier alpha value is -1.51. The molecule has 130 valence electrons. The summed E-state index contributed by atoms with van der Waals surface area (Å²) in [5.74, 6) is 0.744. The van der Waals surface area contributed by atoms with Crippen LogP contribution in [0.5, 0.6) is 5.75 Å². The smallest absolute Gasteiger partial charge is 0.312 e. The Bertz CT molecular complexity index is 502. The molecule has 0 fully saturated rings. The standard InChI is InChI=1S/C20H32O3/c1-7-9-14-20(19(3,4)5,18(21)23-8-2)15-16-12-10-11-13-17(16)22-6/h10-13H,7-9,14-15H2,1-6H3. The van der Waals surface area contributed by atoms with Gasteiger partial charge in [0.25, 0.3) is 0 Å². The lowest BCUT2D eigenvalue weighted by Crippen LogP contribution is -2.46.